The molecule has 1 atom stereocenters. The topological polar surface area (TPSA) is 58.6 Å². The van der Waals surface area contributed by atoms with Gasteiger partial charge in [0.05, 0.1) is 16.6 Å². The number of hydrogen-bond acceptors (Lipinski definition) is 4. The monoisotopic (exact) mass is 472 g/mol. The lowest BCUT2D eigenvalue weighted by atomic mass is 9.97. The Morgan fingerprint density at radius 2 is 1.96 bits per heavy atom. The first-order chi connectivity index (χ1) is 12.0. The third-order valence-corrected chi connectivity index (χ3v) is 6.88. The molecule has 1 N–H and O–H groups in total. The van der Waals surface area contributed by atoms with E-state index in [0.29, 0.717) is 17.2 Å². The number of nitrogens with zero attached hydrogens (tertiary/aromatic N) is 1. The molecule has 5 nitrogen and oxygen atoms in total. The van der Waals surface area contributed by atoms with Crippen LogP contribution in [-0.2, 0) is 14.8 Å². The third kappa shape index (κ3) is 3.55. The SMILES string of the molecule is COCCCNC1c2ccccc2N(C)S(=O)(=O)c2cc(I)ccc21. The minimum Gasteiger partial charge on any atom is -0.385 e. The molecule has 2 aromatic rings. The van der Waals surface area contributed by atoms with E-state index < -0.39 is 10.0 Å². The van der Waals surface area contributed by atoms with Crippen LogP contribution in [0, 0.1) is 3.57 Å². The summed E-state index contributed by atoms with van der Waals surface area (Å²) in [7, 11) is -0.301. The molecule has 0 spiro atoms. The van der Waals surface area contributed by atoms with E-state index in [1.807, 2.05) is 36.4 Å². The summed E-state index contributed by atoms with van der Waals surface area (Å²) in [5.41, 5.74) is 2.46. The van der Waals surface area contributed by atoms with Crippen molar-refractivity contribution >= 4 is 38.3 Å². The summed E-state index contributed by atoms with van der Waals surface area (Å²) in [5.74, 6) is 0. The van der Waals surface area contributed by atoms with Gasteiger partial charge in [0.25, 0.3) is 10.0 Å². The summed E-state index contributed by atoms with van der Waals surface area (Å²) >= 11 is 2.15. The number of fused-ring (bicyclic) bond motifs is 2. The molecule has 1 aliphatic rings. The second kappa shape index (κ2) is 7.61. The fraction of sp³-hybridized carbons (Fsp3) is 0.333. The zero-order chi connectivity index (χ0) is 18.0. The van der Waals surface area contributed by atoms with Crippen LogP contribution in [-0.4, -0.2) is 35.7 Å². The first-order valence-electron chi connectivity index (χ1n) is 8.06. The van der Waals surface area contributed by atoms with Gasteiger partial charge in [-0.2, -0.15) is 0 Å². The quantitative estimate of drug-likeness (QED) is 0.537. The van der Waals surface area contributed by atoms with Gasteiger partial charge in [-0.25, -0.2) is 8.42 Å². The summed E-state index contributed by atoms with van der Waals surface area (Å²) in [6.45, 7) is 1.40. The third-order valence-electron chi connectivity index (χ3n) is 4.39. The highest BCUT2D eigenvalue weighted by Crippen LogP contribution is 2.40. The number of benzene rings is 2. The Morgan fingerprint density at radius 3 is 2.72 bits per heavy atom. The van der Waals surface area contributed by atoms with Gasteiger partial charge in [-0.3, -0.25) is 4.31 Å². The fourth-order valence-corrected chi connectivity index (χ4v) is 5.30. The molecule has 0 aliphatic carbocycles. The molecule has 134 valence electrons. The average Bonchev–Trinajstić information content (AvgIpc) is 2.67. The number of methoxy groups -OCH3 is 1. The van der Waals surface area contributed by atoms with E-state index in [-0.39, 0.29) is 6.04 Å². The molecule has 0 saturated heterocycles. The Bertz CT molecular complexity index is 870. The lowest BCUT2D eigenvalue weighted by Crippen LogP contribution is -2.26. The smallest absolute Gasteiger partial charge is 0.264 e. The average molecular weight is 472 g/mol. The molecule has 2 aromatic carbocycles. The van der Waals surface area contributed by atoms with E-state index in [2.05, 4.69) is 27.9 Å². The standard InChI is InChI=1S/C18H21IN2O3S/c1-21-16-7-4-3-6-14(16)18(20-10-5-11-24-2)15-9-8-13(19)12-17(15)25(21,22)23/h3-4,6-9,12,18,20H,5,10-11H2,1-2H3. The highest BCUT2D eigenvalue weighted by atomic mass is 127. The van der Waals surface area contributed by atoms with Crippen LogP contribution in [0.1, 0.15) is 23.6 Å². The van der Waals surface area contributed by atoms with Gasteiger partial charge in [0.2, 0.25) is 0 Å². The van der Waals surface area contributed by atoms with Gasteiger partial charge < -0.3 is 10.1 Å². The largest absolute Gasteiger partial charge is 0.385 e. The number of rotatable bonds is 5. The number of para-hydroxylation sites is 1. The van der Waals surface area contributed by atoms with Gasteiger partial charge in [0.1, 0.15) is 0 Å². The van der Waals surface area contributed by atoms with E-state index in [0.717, 1.165) is 27.7 Å². The maximum Gasteiger partial charge on any atom is 0.264 e. The molecule has 1 heterocycles. The second-order valence-corrected chi connectivity index (χ2v) is 9.13. The van der Waals surface area contributed by atoms with Gasteiger partial charge in [-0.15, -0.1) is 0 Å². The van der Waals surface area contributed by atoms with Crippen LogP contribution in [0.2, 0.25) is 0 Å². The molecule has 1 aliphatic heterocycles. The summed E-state index contributed by atoms with van der Waals surface area (Å²) < 4.78 is 33.7. The number of ether oxygens (including phenoxy) is 1. The Balaban J connectivity index is 2.15. The molecule has 25 heavy (non-hydrogen) atoms. The summed E-state index contributed by atoms with van der Waals surface area (Å²) in [4.78, 5) is 0.363. The number of nitrogens with one attached hydrogen (secondary N) is 1. The molecule has 0 amide bonds. The predicted molar refractivity (Wildman–Crippen MR) is 108 cm³/mol. The van der Waals surface area contributed by atoms with E-state index in [4.69, 9.17) is 4.74 Å². The first-order valence-corrected chi connectivity index (χ1v) is 10.6. The predicted octanol–water partition coefficient (Wildman–Crippen LogP) is 3.15. The summed E-state index contributed by atoms with van der Waals surface area (Å²) in [5, 5.41) is 3.51. The van der Waals surface area contributed by atoms with Crippen molar-refractivity contribution in [1.29, 1.82) is 0 Å². The van der Waals surface area contributed by atoms with Crippen LogP contribution in [0.15, 0.2) is 47.4 Å². The van der Waals surface area contributed by atoms with E-state index in [9.17, 15) is 8.42 Å². The van der Waals surface area contributed by atoms with Crippen LogP contribution in [0.5, 0.6) is 0 Å². The Labute approximate surface area is 162 Å². The second-order valence-electron chi connectivity index (χ2n) is 5.95. The maximum absolute atomic E-state index is 13.1. The molecule has 0 fully saturated rings. The number of sulfonamides is 1. The van der Waals surface area contributed by atoms with Gasteiger partial charge in [-0.05, 0) is 64.9 Å². The van der Waals surface area contributed by atoms with E-state index >= 15 is 0 Å². The van der Waals surface area contributed by atoms with Gasteiger partial charge in [0.15, 0.2) is 0 Å². The molecule has 0 radical (unpaired) electrons. The molecular formula is C18H21IN2O3S. The minimum absolute atomic E-state index is 0.181. The minimum atomic E-state index is -3.60. The summed E-state index contributed by atoms with van der Waals surface area (Å²) in [6, 6.07) is 13.1. The molecular weight excluding hydrogens is 451 g/mol. The lowest BCUT2D eigenvalue weighted by molar-refractivity contribution is 0.193. The number of halogens is 1. The van der Waals surface area contributed by atoms with Crippen LogP contribution in [0.3, 0.4) is 0 Å². The molecule has 7 heteroatoms. The van der Waals surface area contributed by atoms with Crippen LogP contribution >= 0.6 is 22.6 Å². The molecule has 1 unspecified atom stereocenters. The van der Waals surface area contributed by atoms with E-state index in [1.54, 1.807) is 20.2 Å². The van der Waals surface area contributed by atoms with Crippen molar-refractivity contribution in [2.75, 3.05) is 31.6 Å². The van der Waals surface area contributed by atoms with Crippen molar-refractivity contribution in [3.8, 4) is 0 Å². The number of anilines is 1. The highest BCUT2D eigenvalue weighted by molar-refractivity contribution is 14.1. The Morgan fingerprint density at radius 1 is 1.20 bits per heavy atom. The first kappa shape index (κ1) is 18.6. The van der Waals surface area contributed by atoms with Crippen molar-refractivity contribution in [2.24, 2.45) is 0 Å². The summed E-state index contributed by atoms with van der Waals surface area (Å²) in [6.07, 6.45) is 0.859. The molecule has 0 saturated carbocycles. The van der Waals surface area contributed by atoms with E-state index in [1.165, 1.54) is 4.31 Å². The Hall–Kier alpha value is -1.16. The van der Waals surface area contributed by atoms with Crippen molar-refractivity contribution in [1.82, 2.24) is 5.32 Å². The van der Waals surface area contributed by atoms with Crippen LogP contribution in [0.4, 0.5) is 5.69 Å². The zero-order valence-electron chi connectivity index (χ0n) is 14.2. The van der Waals surface area contributed by atoms with Crippen molar-refractivity contribution in [2.45, 2.75) is 17.4 Å². The highest BCUT2D eigenvalue weighted by Gasteiger charge is 2.34. The fourth-order valence-electron chi connectivity index (χ4n) is 3.12. The van der Waals surface area contributed by atoms with Gasteiger partial charge in [0, 0.05) is 24.3 Å². The van der Waals surface area contributed by atoms with Crippen LogP contribution < -0.4 is 9.62 Å². The van der Waals surface area contributed by atoms with Crippen molar-refractivity contribution in [3.05, 3.63) is 57.2 Å². The maximum atomic E-state index is 13.1. The van der Waals surface area contributed by atoms with Crippen molar-refractivity contribution in [3.63, 3.8) is 0 Å². The normalized spacial score (nSPS) is 18.4. The lowest BCUT2D eigenvalue weighted by Gasteiger charge is -2.22. The van der Waals surface area contributed by atoms with Gasteiger partial charge >= 0.3 is 0 Å². The molecule has 3 rings (SSSR count). The van der Waals surface area contributed by atoms with Gasteiger partial charge in [-0.1, -0.05) is 24.3 Å². The zero-order valence-corrected chi connectivity index (χ0v) is 17.2. The number of hydrogen-bond donors (Lipinski definition) is 1. The Kier molecular flexibility index (Phi) is 5.67. The molecule has 0 aromatic heterocycles. The van der Waals surface area contributed by atoms with Crippen LogP contribution in [0.25, 0.3) is 0 Å². The van der Waals surface area contributed by atoms with Crippen molar-refractivity contribution < 1.29 is 13.2 Å². The molecule has 0 bridgehead atoms.